The van der Waals surface area contributed by atoms with Crippen molar-refractivity contribution in [3.63, 3.8) is 0 Å². The van der Waals surface area contributed by atoms with Gasteiger partial charge in [-0.3, -0.25) is 0 Å². The van der Waals surface area contributed by atoms with E-state index in [1.165, 1.54) is 49.8 Å². The molecule has 2 aromatic rings. The second kappa shape index (κ2) is 11.4. The molecule has 2 aromatic carbocycles. The summed E-state index contributed by atoms with van der Waals surface area (Å²) in [6.45, 7) is 4.03. The second-order valence-electron chi connectivity index (χ2n) is 9.02. The molecule has 0 amide bonds. The van der Waals surface area contributed by atoms with Crippen LogP contribution in [0.1, 0.15) is 99.0 Å². The summed E-state index contributed by atoms with van der Waals surface area (Å²) in [4.78, 5) is 11.8. The van der Waals surface area contributed by atoms with Gasteiger partial charge in [0, 0.05) is 12.0 Å². The molecule has 2 nitrogen and oxygen atoms in total. The Morgan fingerprint density at radius 3 is 2.25 bits per heavy atom. The molecule has 0 aliphatic heterocycles. The highest BCUT2D eigenvalue weighted by Crippen LogP contribution is 2.39. The number of unbranched alkanes of at least 4 members (excludes halogenated alkanes) is 1. The molecule has 1 fully saturated rings. The molecular formula is C28H34F2O2. The van der Waals surface area contributed by atoms with Gasteiger partial charge in [-0.1, -0.05) is 69.5 Å². The molecule has 0 bridgehead atoms. The van der Waals surface area contributed by atoms with Crippen LogP contribution >= 0.6 is 0 Å². The van der Waals surface area contributed by atoms with E-state index < -0.39 is 17.6 Å². The van der Waals surface area contributed by atoms with Crippen molar-refractivity contribution in [1.29, 1.82) is 0 Å². The number of hydrogen-bond acceptors (Lipinski definition) is 1. The minimum Gasteiger partial charge on any atom is -0.478 e. The average Bonchev–Trinajstić information content (AvgIpc) is 2.82. The number of carboxylic acid groups (broad SMARTS) is 1. The van der Waals surface area contributed by atoms with Crippen LogP contribution in [0.2, 0.25) is 0 Å². The van der Waals surface area contributed by atoms with Crippen molar-refractivity contribution in [2.24, 2.45) is 5.92 Å². The third-order valence-corrected chi connectivity index (χ3v) is 6.72. The normalized spacial score (nSPS) is 19.5. The molecule has 0 spiro atoms. The first-order chi connectivity index (χ1) is 15.4. The summed E-state index contributed by atoms with van der Waals surface area (Å²) in [5.74, 6) is -1.32. The van der Waals surface area contributed by atoms with E-state index in [-0.39, 0.29) is 17.5 Å². The molecule has 1 N–H and O–H groups in total. The fraction of sp³-hybridized carbons (Fsp3) is 0.464. The van der Waals surface area contributed by atoms with Crippen molar-refractivity contribution in [2.75, 3.05) is 0 Å². The predicted molar refractivity (Wildman–Crippen MR) is 127 cm³/mol. The third-order valence-electron chi connectivity index (χ3n) is 6.72. The van der Waals surface area contributed by atoms with Crippen molar-refractivity contribution in [3.8, 4) is 11.1 Å². The highest BCUT2D eigenvalue weighted by Gasteiger charge is 2.23. The maximum atomic E-state index is 14.3. The molecule has 172 valence electrons. The zero-order valence-electron chi connectivity index (χ0n) is 19.2. The molecule has 0 aromatic heterocycles. The van der Waals surface area contributed by atoms with E-state index in [2.05, 4.69) is 6.92 Å². The molecule has 1 aliphatic carbocycles. The zero-order valence-corrected chi connectivity index (χ0v) is 19.2. The number of allylic oxidation sites excluding steroid dienone is 1. The topological polar surface area (TPSA) is 37.3 Å². The molecule has 3 rings (SSSR count). The SMILES string of the molecule is CCCCC1CCC(c2ccc(C(=O)O)c(-c3ccc(C(F)=C(F)CCC)cc3)c2)CC1. The molecule has 0 atom stereocenters. The van der Waals surface area contributed by atoms with Gasteiger partial charge in [-0.25, -0.2) is 13.6 Å². The molecule has 1 aliphatic rings. The van der Waals surface area contributed by atoms with E-state index in [4.69, 9.17) is 0 Å². The summed E-state index contributed by atoms with van der Waals surface area (Å²) in [7, 11) is 0. The van der Waals surface area contributed by atoms with E-state index in [9.17, 15) is 18.7 Å². The van der Waals surface area contributed by atoms with Crippen LogP contribution in [0.25, 0.3) is 17.0 Å². The number of hydrogen-bond donors (Lipinski definition) is 1. The Balaban J connectivity index is 1.84. The van der Waals surface area contributed by atoms with Crippen molar-refractivity contribution >= 4 is 11.8 Å². The summed E-state index contributed by atoms with van der Waals surface area (Å²) >= 11 is 0. The van der Waals surface area contributed by atoms with E-state index in [0.29, 0.717) is 23.5 Å². The average molecular weight is 441 g/mol. The van der Waals surface area contributed by atoms with Crippen LogP contribution < -0.4 is 0 Å². The van der Waals surface area contributed by atoms with Gasteiger partial charge in [0.1, 0.15) is 5.83 Å². The first-order valence-electron chi connectivity index (χ1n) is 12.0. The maximum absolute atomic E-state index is 14.3. The van der Waals surface area contributed by atoms with Gasteiger partial charge in [0.2, 0.25) is 0 Å². The van der Waals surface area contributed by atoms with E-state index in [0.717, 1.165) is 18.8 Å². The lowest BCUT2D eigenvalue weighted by Gasteiger charge is -2.29. The fourth-order valence-corrected chi connectivity index (χ4v) is 4.80. The van der Waals surface area contributed by atoms with Gasteiger partial charge in [0.25, 0.3) is 0 Å². The molecule has 0 unspecified atom stereocenters. The molecule has 1 saturated carbocycles. The molecule has 4 heteroatoms. The lowest BCUT2D eigenvalue weighted by atomic mass is 9.76. The fourth-order valence-electron chi connectivity index (χ4n) is 4.80. The molecule has 0 heterocycles. The van der Waals surface area contributed by atoms with Gasteiger partial charge in [-0.15, -0.1) is 0 Å². The molecule has 0 radical (unpaired) electrons. The Morgan fingerprint density at radius 2 is 1.66 bits per heavy atom. The largest absolute Gasteiger partial charge is 0.478 e. The van der Waals surface area contributed by atoms with Crippen LogP contribution in [0.15, 0.2) is 48.3 Å². The van der Waals surface area contributed by atoms with Crippen molar-refractivity contribution in [2.45, 2.75) is 77.6 Å². The van der Waals surface area contributed by atoms with Gasteiger partial charge in [0.05, 0.1) is 5.56 Å². The number of halogens is 2. The summed E-state index contributed by atoms with van der Waals surface area (Å²) in [6.07, 6.45) is 9.16. The Bertz CT molecular complexity index is 938. The lowest BCUT2D eigenvalue weighted by molar-refractivity contribution is 0.0697. The van der Waals surface area contributed by atoms with E-state index in [1.807, 2.05) is 12.1 Å². The standard InChI is InChI=1S/C28H34F2O2/c1-3-5-7-19-8-10-20(11-9-19)23-16-17-24(28(31)32)25(18-23)21-12-14-22(15-13-21)27(30)26(29)6-4-2/h12-20H,3-11H2,1-2H3,(H,31,32). The van der Waals surface area contributed by atoms with Crippen LogP contribution in [-0.2, 0) is 0 Å². The van der Waals surface area contributed by atoms with Gasteiger partial charge < -0.3 is 5.11 Å². The molecular weight excluding hydrogens is 406 g/mol. The first-order valence-corrected chi connectivity index (χ1v) is 12.0. The Labute approximate surface area is 190 Å². The van der Waals surface area contributed by atoms with Gasteiger partial charge >= 0.3 is 5.97 Å². The summed E-state index contributed by atoms with van der Waals surface area (Å²) < 4.78 is 28.1. The predicted octanol–water partition coefficient (Wildman–Crippen LogP) is 8.92. The number of aromatic carboxylic acids is 1. The highest BCUT2D eigenvalue weighted by molar-refractivity contribution is 5.96. The van der Waals surface area contributed by atoms with Gasteiger partial charge in [0.15, 0.2) is 5.83 Å². The Kier molecular flexibility index (Phi) is 8.60. The summed E-state index contributed by atoms with van der Waals surface area (Å²) in [5, 5.41) is 9.70. The lowest BCUT2D eigenvalue weighted by Crippen LogP contribution is -2.14. The quantitative estimate of drug-likeness (QED) is 0.422. The van der Waals surface area contributed by atoms with Crippen LogP contribution in [0.3, 0.4) is 0 Å². The van der Waals surface area contributed by atoms with Gasteiger partial charge in [-0.2, -0.15) is 0 Å². The number of carboxylic acids is 1. The van der Waals surface area contributed by atoms with Crippen molar-refractivity contribution in [3.05, 3.63) is 65.0 Å². The monoisotopic (exact) mass is 440 g/mol. The third kappa shape index (κ3) is 5.85. The van der Waals surface area contributed by atoms with Crippen molar-refractivity contribution < 1.29 is 18.7 Å². The van der Waals surface area contributed by atoms with Crippen LogP contribution in [0.5, 0.6) is 0 Å². The number of benzene rings is 2. The van der Waals surface area contributed by atoms with Crippen LogP contribution in [0, 0.1) is 5.92 Å². The number of carbonyl (C=O) groups is 1. The summed E-state index contributed by atoms with van der Waals surface area (Å²) in [6, 6.07) is 12.0. The number of rotatable bonds is 9. The molecule has 0 saturated heterocycles. The Hall–Kier alpha value is -2.49. The zero-order chi connectivity index (χ0) is 23.1. The summed E-state index contributed by atoms with van der Waals surface area (Å²) in [5.41, 5.74) is 2.91. The maximum Gasteiger partial charge on any atom is 0.336 e. The second-order valence-corrected chi connectivity index (χ2v) is 9.02. The minimum absolute atomic E-state index is 0.0689. The first kappa shape index (κ1) is 24.2. The Morgan fingerprint density at radius 1 is 0.969 bits per heavy atom. The molecule has 32 heavy (non-hydrogen) atoms. The van der Waals surface area contributed by atoms with Crippen LogP contribution in [0.4, 0.5) is 8.78 Å². The van der Waals surface area contributed by atoms with E-state index >= 15 is 0 Å². The smallest absolute Gasteiger partial charge is 0.336 e. The minimum atomic E-state index is -0.987. The van der Waals surface area contributed by atoms with Crippen LogP contribution in [-0.4, -0.2) is 11.1 Å². The van der Waals surface area contributed by atoms with E-state index in [1.54, 1.807) is 25.1 Å². The van der Waals surface area contributed by atoms with Gasteiger partial charge in [-0.05, 0) is 66.7 Å². The highest BCUT2D eigenvalue weighted by atomic mass is 19.2. The van der Waals surface area contributed by atoms with Crippen molar-refractivity contribution in [1.82, 2.24) is 0 Å².